The van der Waals surface area contributed by atoms with Crippen molar-refractivity contribution in [3.63, 3.8) is 0 Å². The quantitative estimate of drug-likeness (QED) is 0.341. The van der Waals surface area contributed by atoms with E-state index in [0.717, 1.165) is 0 Å². The van der Waals surface area contributed by atoms with Gasteiger partial charge in [-0.1, -0.05) is 64.7 Å². The minimum Gasteiger partial charge on any atom is -0.317 e. The summed E-state index contributed by atoms with van der Waals surface area (Å²) in [5, 5.41) is 7.23. The van der Waals surface area contributed by atoms with E-state index in [4.69, 9.17) is 0 Å². The average molecular weight is 354 g/mol. The summed E-state index contributed by atoms with van der Waals surface area (Å²) in [7, 11) is 0. The van der Waals surface area contributed by atoms with Gasteiger partial charge in [-0.3, -0.25) is 0 Å². The fourth-order valence-corrected chi connectivity index (χ4v) is 3.73. The summed E-state index contributed by atoms with van der Waals surface area (Å²) < 4.78 is 0. The van der Waals surface area contributed by atoms with Crippen molar-refractivity contribution in [2.24, 2.45) is 0 Å². The third kappa shape index (κ3) is 15.8. The van der Waals surface area contributed by atoms with Crippen molar-refractivity contribution in [2.45, 2.75) is 96.8 Å². The number of nitrogens with one attached hydrogen (secondary N) is 2. The Bertz CT molecular complexity index is 252. The van der Waals surface area contributed by atoms with Crippen LogP contribution in [0.25, 0.3) is 0 Å². The molecule has 0 atom stereocenters. The first-order chi connectivity index (χ1) is 12.4. The van der Waals surface area contributed by atoms with Crippen LogP contribution < -0.4 is 10.6 Å². The predicted octanol–water partition coefficient (Wildman–Crippen LogP) is 4.96. The number of piperidine rings is 1. The Kier molecular flexibility index (Phi) is 17.1. The molecule has 0 spiro atoms. The highest BCUT2D eigenvalue weighted by Crippen LogP contribution is 2.08. The van der Waals surface area contributed by atoms with Crippen LogP contribution >= 0.6 is 0 Å². The second-order valence-electron chi connectivity index (χ2n) is 7.94. The molecule has 1 aliphatic rings. The molecule has 150 valence electrons. The number of rotatable bonds is 18. The normalized spacial score (nSPS) is 15.7. The third-order valence-electron chi connectivity index (χ3n) is 5.47. The lowest BCUT2D eigenvalue weighted by Crippen LogP contribution is -2.36. The zero-order chi connectivity index (χ0) is 17.8. The Morgan fingerprint density at radius 2 is 1.04 bits per heavy atom. The van der Waals surface area contributed by atoms with Crippen molar-refractivity contribution in [3.05, 3.63) is 0 Å². The molecule has 1 rings (SSSR count). The van der Waals surface area contributed by atoms with E-state index in [1.807, 2.05) is 0 Å². The van der Waals surface area contributed by atoms with E-state index in [9.17, 15) is 0 Å². The van der Waals surface area contributed by atoms with E-state index >= 15 is 0 Å². The molecule has 1 fully saturated rings. The maximum atomic E-state index is 3.61. The molecule has 25 heavy (non-hydrogen) atoms. The molecular formula is C22H47N3. The number of unbranched alkanes of at least 4 members (excludes halogenated alkanes) is 9. The SMILES string of the molecule is CCCCCCCCCCNCCCCCNCCN1CCCCC1. The van der Waals surface area contributed by atoms with Crippen LogP contribution in [0.4, 0.5) is 0 Å². The molecule has 0 aliphatic carbocycles. The van der Waals surface area contributed by atoms with Crippen molar-refractivity contribution in [1.29, 1.82) is 0 Å². The highest BCUT2D eigenvalue weighted by molar-refractivity contribution is 4.65. The zero-order valence-electron chi connectivity index (χ0n) is 17.3. The number of nitrogens with zero attached hydrogens (tertiary/aromatic N) is 1. The molecule has 0 aromatic heterocycles. The topological polar surface area (TPSA) is 27.3 Å². The van der Waals surface area contributed by atoms with Gasteiger partial charge in [0.1, 0.15) is 0 Å². The Hall–Kier alpha value is -0.120. The van der Waals surface area contributed by atoms with Crippen LogP contribution in [-0.4, -0.2) is 50.7 Å². The van der Waals surface area contributed by atoms with Gasteiger partial charge in [-0.25, -0.2) is 0 Å². The molecular weight excluding hydrogens is 306 g/mol. The summed E-state index contributed by atoms with van der Waals surface area (Å²) in [4.78, 5) is 2.62. The summed E-state index contributed by atoms with van der Waals surface area (Å²) in [5.41, 5.74) is 0. The smallest absolute Gasteiger partial charge is 0.0107 e. The molecule has 1 aliphatic heterocycles. The standard InChI is InChI=1S/C22H47N3/c1-2-3-4-5-6-7-8-11-16-23-17-12-9-13-18-24-19-22-25-20-14-10-15-21-25/h23-24H,2-22H2,1H3. The monoisotopic (exact) mass is 353 g/mol. The van der Waals surface area contributed by atoms with Crippen molar-refractivity contribution in [3.8, 4) is 0 Å². The van der Waals surface area contributed by atoms with Gasteiger partial charge in [0, 0.05) is 13.1 Å². The van der Waals surface area contributed by atoms with Gasteiger partial charge >= 0.3 is 0 Å². The van der Waals surface area contributed by atoms with E-state index in [1.54, 1.807) is 0 Å². The summed E-state index contributed by atoms with van der Waals surface area (Å²) in [6.07, 6.45) is 19.6. The molecule has 3 heteroatoms. The third-order valence-corrected chi connectivity index (χ3v) is 5.47. The maximum absolute atomic E-state index is 3.61. The zero-order valence-corrected chi connectivity index (χ0v) is 17.3. The van der Waals surface area contributed by atoms with Gasteiger partial charge in [0.05, 0.1) is 0 Å². The molecule has 0 saturated carbocycles. The van der Waals surface area contributed by atoms with Gasteiger partial charge in [0.25, 0.3) is 0 Å². The average Bonchev–Trinajstić information content (AvgIpc) is 2.65. The Balaban J connectivity index is 1.65. The molecule has 0 radical (unpaired) electrons. The largest absolute Gasteiger partial charge is 0.317 e. The lowest BCUT2D eigenvalue weighted by molar-refractivity contribution is 0.229. The number of likely N-dealkylation sites (tertiary alicyclic amines) is 1. The van der Waals surface area contributed by atoms with E-state index in [1.165, 1.54) is 136 Å². The summed E-state index contributed by atoms with van der Waals surface area (Å²) >= 11 is 0. The van der Waals surface area contributed by atoms with Crippen LogP contribution in [0.2, 0.25) is 0 Å². The van der Waals surface area contributed by atoms with E-state index < -0.39 is 0 Å². The van der Waals surface area contributed by atoms with Crippen molar-refractivity contribution in [1.82, 2.24) is 15.5 Å². The minimum atomic E-state index is 1.18. The fourth-order valence-electron chi connectivity index (χ4n) is 3.73. The lowest BCUT2D eigenvalue weighted by Gasteiger charge is -2.26. The number of hydrogen-bond acceptors (Lipinski definition) is 3. The molecule has 3 nitrogen and oxygen atoms in total. The van der Waals surface area contributed by atoms with Gasteiger partial charge in [0.2, 0.25) is 0 Å². The van der Waals surface area contributed by atoms with Crippen molar-refractivity contribution >= 4 is 0 Å². The Labute approximate surface area is 158 Å². The Morgan fingerprint density at radius 1 is 0.560 bits per heavy atom. The molecule has 0 amide bonds. The molecule has 0 aromatic carbocycles. The molecule has 0 aromatic rings. The van der Waals surface area contributed by atoms with Gasteiger partial charge in [0.15, 0.2) is 0 Å². The lowest BCUT2D eigenvalue weighted by atomic mass is 10.1. The van der Waals surface area contributed by atoms with Crippen LogP contribution in [0.3, 0.4) is 0 Å². The van der Waals surface area contributed by atoms with Crippen LogP contribution in [-0.2, 0) is 0 Å². The van der Waals surface area contributed by atoms with E-state index in [-0.39, 0.29) is 0 Å². The molecule has 0 unspecified atom stereocenters. The van der Waals surface area contributed by atoms with Gasteiger partial charge in [-0.05, 0) is 64.8 Å². The molecule has 0 bridgehead atoms. The van der Waals surface area contributed by atoms with E-state index in [0.29, 0.717) is 0 Å². The van der Waals surface area contributed by atoms with E-state index in [2.05, 4.69) is 22.5 Å². The molecule has 1 saturated heterocycles. The first-order valence-electron chi connectivity index (χ1n) is 11.6. The second kappa shape index (κ2) is 18.7. The van der Waals surface area contributed by atoms with Gasteiger partial charge in [-0.15, -0.1) is 0 Å². The minimum absolute atomic E-state index is 1.18. The highest BCUT2D eigenvalue weighted by Gasteiger charge is 2.08. The predicted molar refractivity (Wildman–Crippen MR) is 112 cm³/mol. The summed E-state index contributed by atoms with van der Waals surface area (Å²) in [5.74, 6) is 0. The Morgan fingerprint density at radius 3 is 1.64 bits per heavy atom. The van der Waals surface area contributed by atoms with Crippen LogP contribution in [0, 0.1) is 0 Å². The fraction of sp³-hybridized carbons (Fsp3) is 1.00. The van der Waals surface area contributed by atoms with Gasteiger partial charge < -0.3 is 15.5 Å². The van der Waals surface area contributed by atoms with Crippen LogP contribution in [0.5, 0.6) is 0 Å². The second-order valence-corrected chi connectivity index (χ2v) is 7.94. The number of hydrogen-bond donors (Lipinski definition) is 2. The van der Waals surface area contributed by atoms with Crippen molar-refractivity contribution in [2.75, 3.05) is 45.8 Å². The summed E-state index contributed by atoms with van der Waals surface area (Å²) in [6, 6.07) is 0. The van der Waals surface area contributed by atoms with Crippen molar-refractivity contribution < 1.29 is 0 Å². The van der Waals surface area contributed by atoms with Crippen LogP contribution in [0.15, 0.2) is 0 Å². The maximum Gasteiger partial charge on any atom is 0.0107 e. The van der Waals surface area contributed by atoms with Gasteiger partial charge in [-0.2, -0.15) is 0 Å². The van der Waals surface area contributed by atoms with Crippen LogP contribution in [0.1, 0.15) is 96.8 Å². The highest BCUT2D eigenvalue weighted by atomic mass is 15.1. The first-order valence-corrected chi connectivity index (χ1v) is 11.6. The summed E-state index contributed by atoms with van der Waals surface area (Å²) in [6.45, 7) is 11.0. The molecule has 1 heterocycles. The molecule has 2 N–H and O–H groups in total. The first kappa shape index (κ1) is 22.9.